The lowest BCUT2D eigenvalue weighted by molar-refractivity contribution is -0.154. The van der Waals surface area contributed by atoms with Gasteiger partial charge in [0.1, 0.15) is 0 Å². The Morgan fingerprint density at radius 3 is 2.48 bits per heavy atom. The number of ether oxygens (including phenoxy) is 1. The van der Waals surface area contributed by atoms with Crippen molar-refractivity contribution in [3.8, 4) is 0 Å². The van der Waals surface area contributed by atoms with Gasteiger partial charge in [0.05, 0.1) is 6.61 Å². The van der Waals surface area contributed by atoms with Gasteiger partial charge in [-0.2, -0.15) is 0 Å². The summed E-state index contributed by atoms with van der Waals surface area (Å²) in [5, 5.41) is 5.77. The van der Waals surface area contributed by atoms with E-state index in [0.29, 0.717) is 19.5 Å². The molecule has 2 amide bonds. The normalized spacial score (nSPS) is 15.4. The Balaban J connectivity index is 1.91. The summed E-state index contributed by atoms with van der Waals surface area (Å²) in [6, 6.07) is 8.10. The Bertz CT molecular complexity index is 683. The molecule has 0 spiro atoms. The van der Waals surface area contributed by atoms with E-state index in [1.54, 1.807) is 6.92 Å². The van der Waals surface area contributed by atoms with Crippen LogP contribution in [-0.4, -0.2) is 37.5 Å². The van der Waals surface area contributed by atoms with Gasteiger partial charge in [-0.3, -0.25) is 9.59 Å². The van der Waals surface area contributed by atoms with Gasteiger partial charge in [0.15, 0.2) is 0 Å². The quantitative estimate of drug-likeness (QED) is 0.491. The van der Waals surface area contributed by atoms with Crippen molar-refractivity contribution < 1.29 is 19.1 Å². The van der Waals surface area contributed by atoms with E-state index in [1.165, 1.54) is 12.0 Å². The van der Waals surface area contributed by atoms with Gasteiger partial charge in [-0.05, 0) is 43.7 Å². The van der Waals surface area contributed by atoms with Gasteiger partial charge >= 0.3 is 11.9 Å². The average Bonchev–Trinajstić information content (AvgIpc) is 2.75. The number of carbonyl (C=O) groups excluding carboxylic acids is 3. The number of amides is 2. The SMILES string of the molecule is CCOC(=O)C(=O)NCCc1ccccc1C(CC)CNC(=O)C1CCCCC1. The minimum absolute atomic E-state index is 0.162. The van der Waals surface area contributed by atoms with E-state index in [2.05, 4.69) is 23.6 Å². The molecule has 2 N–H and O–H groups in total. The highest BCUT2D eigenvalue weighted by Crippen LogP contribution is 2.26. The van der Waals surface area contributed by atoms with Crippen LogP contribution < -0.4 is 10.6 Å². The average molecular weight is 403 g/mol. The van der Waals surface area contributed by atoms with Crippen molar-refractivity contribution in [3.63, 3.8) is 0 Å². The molecule has 1 atom stereocenters. The minimum Gasteiger partial charge on any atom is -0.459 e. The minimum atomic E-state index is -0.849. The first-order valence-corrected chi connectivity index (χ1v) is 10.9. The molecule has 0 heterocycles. The molecule has 0 radical (unpaired) electrons. The fourth-order valence-electron chi connectivity index (χ4n) is 3.95. The molecule has 160 valence electrons. The van der Waals surface area contributed by atoms with Crippen LogP contribution in [0, 0.1) is 5.92 Å². The summed E-state index contributed by atoms with van der Waals surface area (Å²) in [5.74, 6) is -0.995. The molecule has 1 aromatic rings. The first kappa shape index (κ1) is 22.9. The molecule has 0 saturated heterocycles. The molecule has 1 aliphatic carbocycles. The van der Waals surface area contributed by atoms with Crippen molar-refractivity contribution in [2.24, 2.45) is 5.92 Å². The van der Waals surface area contributed by atoms with E-state index < -0.39 is 11.9 Å². The van der Waals surface area contributed by atoms with Crippen LogP contribution in [0.15, 0.2) is 24.3 Å². The number of hydrogen-bond acceptors (Lipinski definition) is 4. The Labute approximate surface area is 173 Å². The lowest BCUT2D eigenvalue weighted by Gasteiger charge is -2.24. The number of benzene rings is 1. The third-order valence-electron chi connectivity index (χ3n) is 5.63. The van der Waals surface area contributed by atoms with Crippen LogP contribution >= 0.6 is 0 Å². The Morgan fingerprint density at radius 1 is 1.07 bits per heavy atom. The van der Waals surface area contributed by atoms with Gasteiger partial charge in [-0.25, -0.2) is 4.79 Å². The number of esters is 1. The number of rotatable bonds is 9. The summed E-state index contributed by atoms with van der Waals surface area (Å²) in [6.07, 6.45) is 7.07. The lowest BCUT2D eigenvalue weighted by atomic mass is 9.87. The molecule has 2 rings (SSSR count). The molecular weight excluding hydrogens is 368 g/mol. The molecule has 1 aliphatic rings. The van der Waals surface area contributed by atoms with Crippen LogP contribution in [0.2, 0.25) is 0 Å². The summed E-state index contributed by atoms with van der Waals surface area (Å²) in [5.41, 5.74) is 2.31. The second-order valence-electron chi connectivity index (χ2n) is 7.61. The van der Waals surface area contributed by atoms with Crippen LogP contribution in [0.5, 0.6) is 0 Å². The Morgan fingerprint density at radius 2 is 1.79 bits per heavy atom. The molecule has 0 bridgehead atoms. The van der Waals surface area contributed by atoms with E-state index in [0.717, 1.165) is 37.7 Å². The van der Waals surface area contributed by atoms with Crippen LogP contribution in [0.4, 0.5) is 0 Å². The van der Waals surface area contributed by atoms with Gasteiger partial charge < -0.3 is 15.4 Å². The standard InChI is InChI=1S/C23H34N2O4/c1-3-17(16-25-21(26)19-11-6-5-7-12-19)20-13-9-8-10-18(20)14-15-24-22(27)23(28)29-4-2/h8-10,13,17,19H,3-7,11-12,14-16H2,1-2H3,(H,24,27)(H,25,26). The van der Waals surface area contributed by atoms with Crippen LogP contribution in [0.1, 0.15) is 69.4 Å². The highest BCUT2D eigenvalue weighted by atomic mass is 16.5. The highest BCUT2D eigenvalue weighted by Gasteiger charge is 2.22. The van der Waals surface area contributed by atoms with E-state index in [4.69, 9.17) is 4.74 Å². The second kappa shape index (κ2) is 12.2. The maximum Gasteiger partial charge on any atom is 0.396 e. The van der Waals surface area contributed by atoms with Gasteiger partial charge in [-0.1, -0.05) is 50.5 Å². The first-order valence-electron chi connectivity index (χ1n) is 10.9. The van der Waals surface area contributed by atoms with Crippen molar-refractivity contribution in [3.05, 3.63) is 35.4 Å². The Kier molecular flexibility index (Phi) is 9.68. The lowest BCUT2D eigenvalue weighted by Crippen LogP contribution is -2.35. The molecule has 0 aliphatic heterocycles. The van der Waals surface area contributed by atoms with Crippen LogP contribution in [0.25, 0.3) is 0 Å². The Hall–Kier alpha value is -2.37. The molecule has 1 saturated carbocycles. The van der Waals surface area contributed by atoms with Gasteiger partial charge in [0.25, 0.3) is 0 Å². The highest BCUT2D eigenvalue weighted by molar-refractivity contribution is 6.32. The molecule has 29 heavy (non-hydrogen) atoms. The maximum absolute atomic E-state index is 12.5. The van der Waals surface area contributed by atoms with Crippen LogP contribution in [-0.2, 0) is 25.5 Å². The summed E-state index contributed by atoms with van der Waals surface area (Å²) >= 11 is 0. The zero-order valence-corrected chi connectivity index (χ0v) is 17.7. The molecule has 6 nitrogen and oxygen atoms in total. The molecular formula is C23H34N2O4. The molecule has 0 aromatic heterocycles. The van der Waals surface area contributed by atoms with Crippen molar-refractivity contribution in [1.82, 2.24) is 10.6 Å². The van der Waals surface area contributed by atoms with Gasteiger partial charge in [0.2, 0.25) is 5.91 Å². The van der Waals surface area contributed by atoms with Gasteiger partial charge in [-0.15, -0.1) is 0 Å². The topological polar surface area (TPSA) is 84.5 Å². The van der Waals surface area contributed by atoms with Crippen LogP contribution in [0.3, 0.4) is 0 Å². The fraction of sp³-hybridized carbons (Fsp3) is 0.609. The predicted molar refractivity (Wildman–Crippen MR) is 112 cm³/mol. The summed E-state index contributed by atoms with van der Waals surface area (Å²) in [7, 11) is 0. The maximum atomic E-state index is 12.5. The fourth-order valence-corrected chi connectivity index (χ4v) is 3.95. The molecule has 6 heteroatoms. The molecule has 1 unspecified atom stereocenters. The zero-order chi connectivity index (χ0) is 21.1. The molecule has 1 aromatic carbocycles. The monoisotopic (exact) mass is 402 g/mol. The smallest absolute Gasteiger partial charge is 0.396 e. The third kappa shape index (κ3) is 7.18. The van der Waals surface area contributed by atoms with E-state index in [1.807, 2.05) is 18.2 Å². The number of carbonyl (C=O) groups is 3. The van der Waals surface area contributed by atoms with Crippen molar-refractivity contribution >= 4 is 17.8 Å². The van der Waals surface area contributed by atoms with Gasteiger partial charge in [0, 0.05) is 24.9 Å². The largest absolute Gasteiger partial charge is 0.459 e. The van der Waals surface area contributed by atoms with E-state index >= 15 is 0 Å². The van der Waals surface area contributed by atoms with Crippen molar-refractivity contribution in [2.45, 2.75) is 64.7 Å². The number of hydrogen-bond donors (Lipinski definition) is 2. The summed E-state index contributed by atoms with van der Waals surface area (Å²) < 4.78 is 4.70. The molecule has 1 fully saturated rings. The third-order valence-corrected chi connectivity index (χ3v) is 5.63. The second-order valence-corrected chi connectivity index (χ2v) is 7.61. The van der Waals surface area contributed by atoms with E-state index in [9.17, 15) is 14.4 Å². The zero-order valence-electron chi connectivity index (χ0n) is 17.7. The summed E-state index contributed by atoms with van der Waals surface area (Å²) in [6.45, 7) is 4.95. The predicted octanol–water partition coefficient (Wildman–Crippen LogP) is 3.10. The van der Waals surface area contributed by atoms with Crippen molar-refractivity contribution in [1.29, 1.82) is 0 Å². The number of nitrogens with one attached hydrogen (secondary N) is 2. The first-order chi connectivity index (χ1) is 14.1. The van der Waals surface area contributed by atoms with E-state index in [-0.39, 0.29) is 24.3 Å². The summed E-state index contributed by atoms with van der Waals surface area (Å²) in [4.78, 5) is 35.6. The van der Waals surface area contributed by atoms with Crippen molar-refractivity contribution in [2.75, 3.05) is 19.7 Å².